The standard InChI is InChI=1S/C4H8.C3H8N2O.CH4N2O/c1-3-4-2;1-4-3(6)5-2;2-1(3)4/h3-4H,1-2H3;1-2H3,(H2,4,5,6);(H4,2,3,4). The molecule has 0 aromatic heterocycles. The lowest BCUT2D eigenvalue weighted by Crippen LogP contribution is -2.28. The molecule has 0 rings (SSSR count). The second kappa shape index (κ2) is 17.4. The molecular weight excluding hydrogens is 184 g/mol. The minimum Gasteiger partial charge on any atom is -0.352 e. The highest BCUT2D eigenvalue weighted by Crippen LogP contribution is 1.57. The molecule has 84 valence electrons. The maximum absolute atomic E-state index is 9.96. The third-order valence-corrected chi connectivity index (χ3v) is 0.787. The van der Waals surface area contributed by atoms with Gasteiger partial charge in [0.05, 0.1) is 0 Å². The van der Waals surface area contributed by atoms with Crippen LogP contribution in [-0.2, 0) is 0 Å². The molecule has 0 heterocycles. The Kier molecular flexibility index (Phi) is 22.5. The lowest BCUT2D eigenvalue weighted by molar-refractivity contribution is 0.245. The van der Waals surface area contributed by atoms with Crippen LogP contribution in [0.2, 0.25) is 0 Å². The first kappa shape index (κ1) is 18.1. The topological polar surface area (TPSA) is 110 Å². The third-order valence-electron chi connectivity index (χ3n) is 0.787. The number of carbonyl (C=O) groups excluding carboxylic acids is 2. The molecule has 6 nitrogen and oxygen atoms in total. The van der Waals surface area contributed by atoms with Gasteiger partial charge in [0.2, 0.25) is 0 Å². The number of nitrogens with one attached hydrogen (secondary N) is 2. The van der Waals surface area contributed by atoms with Crippen LogP contribution < -0.4 is 22.1 Å². The molecular formula is C8H20N4O2. The Labute approximate surface area is 84.7 Å². The summed E-state index contributed by atoms with van der Waals surface area (Å²) in [5, 5.41) is 4.73. The van der Waals surface area contributed by atoms with E-state index in [2.05, 4.69) is 22.1 Å². The number of hydrogen-bond donors (Lipinski definition) is 4. The Morgan fingerprint density at radius 2 is 1.21 bits per heavy atom. The van der Waals surface area contributed by atoms with Crippen molar-refractivity contribution in [2.24, 2.45) is 11.5 Å². The highest BCUT2D eigenvalue weighted by molar-refractivity contribution is 5.72. The highest BCUT2D eigenvalue weighted by Gasteiger charge is 1.81. The molecule has 4 amide bonds. The largest absolute Gasteiger partial charge is 0.352 e. The summed E-state index contributed by atoms with van der Waals surface area (Å²) >= 11 is 0. The summed E-state index contributed by atoms with van der Waals surface area (Å²) in [6, 6.07) is -0.991. The van der Waals surface area contributed by atoms with Gasteiger partial charge in [0.25, 0.3) is 0 Å². The third kappa shape index (κ3) is 82.3. The molecule has 6 heteroatoms. The van der Waals surface area contributed by atoms with Crippen LogP contribution in [0, 0.1) is 0 Å². The molecule has 0 aliphatic heterocycles. The molecule has 0 unspecified atom stereocenters. The lowest BCUT2D eigenvalue weighted by Gasteiger charge is -1.91. The number of carbonyl (C=O) groups is 2. The van der Waals surface area contributed by atoms with Gasteiger partial charge in [-0.15, -0.1) is 0 Å². The summed E-state index contributed by atoms with van der Waals surface area (Å²) in [7, 11) is 3.14. The van der Waals surface area contributed by atoms with Crippen LogP contribution >= 0.6 is 0 Å². The van der Waals surface area contributed by atoms with Crippen LogP contribution in [0.3, 0.4) is 0 Å². The van der Waals surface area contributed by atoms with E-state index in [1.165, 1.54) is 0 Å². The molecule has 0 saturated carbocycles. The summed E-state index contributed by atoms with van der Waals surface area (Å²) in [6.45, 7) is 4.00. The predicted molar refractivity (Wildman–Crippen MR) is 57.8 cm³/mol. The molecule has 0 atom stereocenters. The second-order valence-electron chi connectivity index (χ2n) is 1.90. The molecule has 0 spiro atoms. The maximum Gasteiger partial charge on any atom is 0.314 e. The van der Waals surface area contributed by atoms with Crippen LogP contribution in [-0.4, -0.2) is 26.2 Å². The van der Waals surface area contributed by atoms with E-state index in [9.17, 15) is 4.79 Å². The van der Waals surface area contributed by atoms with Gasteiger partial charge in [-0.05, 0) is 13.8 Å². The van der Waals surface area contributed by atoms with Gasteiger partial charge in [-0.1, -0.05) is 12.2 Å². The fourth-order valence-electron chi connectivity index (χ4n) is 0.125. The first-order chi connectivity index (χ1) is 6.45. The first-order valence-electron chi connectivity index (χ1n) is 3.97. The summed E-state index contributed by atoms with van der Waals surface area (Å²) < 4.78 is 0. The number of amides is 4. The first-order valence-corrected chi connectivity index (χ1v) is 3.97. The van der Waals surface area contributed by atoms with Crippen LogP contribution in [0.25, 0.3) is 0 Å². The Morgan fingerprint density at radius 1 is 1.00 bits per heavy atom. The van der Waals surface area contributed by atoms with Crippen molar-refractivity contribution in [3.8, 4) is 0 Å². The number of rotatable bonds is 0. The molecule has 0 saturated heterocycles. The minimum absolute atomic E-state index is 0.157. The summed E-state index contributed by atoms with van der Waals surface area (Å²) in [5.41, 5.74) is 8.50. The van der Waals surface area contributed by atoms with E-state index >= 15 is 0 Å². The monoisotopic (exact) mass is 204 g/mol. The van der Waals surface area contributed by atoms with Crippen LogP contribution in [0.5, 0.6) is 0 Å². The summed E-state index contributed by atoms with van der Waals surface area (Å²) in [5.74, 6) is 0. The highest BCUT2D eigenvalue weighted by atomic mass is 16.2. The molecule has 0 aromatic rings. The Morgan fingerprint density at radius 3 is 1.21 bits per heavy atom. The van der Waals surface area contributed by atoms with Gasteiger partial charge in [-0.2, -0.15) is 0 Å². The Balaban J connectivity index is -0.000000135. The van der Waals surface area contributed by atoms with Crippen molar-refractivity contribution in [1.29, 1.82) is 0 Å². The van der Waals surface area contributed by atoms with E-state index in [4.69, 9.17) is 4.79 Å². The van der Waals surface area contributed by atoms with Crippen molar-refractivity contribution in [3.63, 3.8) is 0 Å². The zero-order valence-corrected chi connectivity index (χ0v) is 9.13. The van der Waals surface area contributed by atoms with Crippen LogP contribution in [0.15, 0.2) is 12.2 Å². The van der Waals surface area contributed by atoms with E-state index < -0.39 is 6.03 Å². The van der Waals surface area contributed by atoms with E-state index in [0.29, 0.717) is 0 Å². The number of urea groups is 2. The smallest absolute Gasteiger partial charge is 0.314 e. The SMILES string of the molecule is CC=CC.CNC(=O)NC.NC(N)=O. The quantitative estimate of drug-likeness (QED) is 0.421. The number of nitrogens with two attached hydrogens (primary N) is 2. The van der Waals surface area contributed by atoms with E-state index in [0.717, 1.165) is 0 Å². The molecule has 6 N–H and O–H groups in total. The molecule has 14 heavy (non-hydrogen) atoms. The van der Waals surface area contributed by atoms with E-state index in [-0.39, 0.29) is 6.03 Å². The molecule has 0 fully saturated rings. The van der Waals surface area contributed by atoms with Gasteiger partial charge in [0.15, 0.2) is 0 Å². The van der Waals surface area contributed by atoms with Crippen molar-refractivity contribution < 1.29 is 9.59 Å². The summed E-state index contributed by atoms with van der Waals surface area (Å²) in [4.78, 5) is 19.0. The fraction of sp³-hybridized carbons (Fsp3) is 0.500. The van der Waals surface area contributed by atoms with Gasteiger partial charge in [-0.3, -0.25) is 0 Å². The van der Waals surface area contributed by atoms with Gasteiger partial charge < -0.3 is 22.1 Å². The van der Waals surface area contributed by atoms with Crippen molar-refractivity contribution in [3.05, 3.63) is 12.2 Å². The number of primary amides is 2. The van der Waals surface area contributed by atoms with Crippen LogP contribution in [0.4, 0.5) is 9.59 Å². The Hall–Kier alpha value is -1.72. The van der Waals surface area contributed by atoms with Crippen LogP contribution in [0.1, 0.15) is 13.8 Å². The molecule has 0 radical (unpaired) electrons. The molecule has 0 bridgehead atoms. The maximum atomic E-state index is 9.96. The van der Waals surface area contributed by atoms with Crippen molar-refractivity contribution in [1.82, 2.24) is 10.6 Å². The van der Waals surface area contributed by atoms with E-state index in [1.807, 2.05) is 26.0 Å². The van der Waals surface area contributed by atoms with Gasteiger partial charge in [-0.25, -0.2) is 9.59 Å². The second-order valence-corrected chi connectivity index (χ2v) is 1.90. The number of allylic oxidation sites excluding steroid dienone is 2. The van der Waals surface area contributed by atoms with Gasteiger partial charge >= 0.3 is 12.1 Å². The normalized spacial score (nSPS) is 7.43. The Bertz CT molecular complexity index is 155. The molecule has 0 aromatic carbocycles. The van der Waals surface area contributed by atoms with Crippen molar-refractivity contribution in [2.45, 2.75) is 13.8 Å². The number of hydrogen-bond acceptors (Lipinski definition) is 2. The minimum atomic E-state index is -0.833. The summed E-state index contributed by atoms with van der Waals surface area (Å²) in [6.07, 6.45) is 4.00. The fourth-order valence-corrected chi connectivity index (χ4v) is 0.125. The predicted octanol–water partition coefficient (Wildman–Crippen LogP) is 0.151. The van der Waals surface area contributed by atoms with Gasteiger partial charge in [0.1, 0.15) is 0 Å². The zero-order chi connectivity index (χ0) is 12.0. The molecule has 0 aliphatic carbocycles. The average molecular weight is 204 g/mol. The van der Waals surface area contributed by atoms with E-state index in [1.54, 1.807) is 14.1 Å². The average Bonchev–Trinajstić information content (AvgIpc) is 2.16. The van der Waals surface area contributed by atoms with Crippen molar-refractivity contribution >= 4 is 12.1 Å². The van der Waals surface area contributed by atoms with Crippen molar-refractivity contribution in [2.75, 3.05) is 14.1 Å². The zero-order valence-electron chi connectivity index (χ0n) is 9.13. The molecule has 0 aliphatic rings. The van der Waals surface area contributed by atoms with Gasteiger partial charge in [0, 0.05) is 14.1 Å². The lowest BCUT2D eigenvalue weighted by atomic mass is 10.6.